The van der Waals surface area contributed by atoms with Gasteiger partial charge in [0.2, 0.25) is 11.7 Å². The van der Waals surface area contributed by atoms with Crippen LogP contribution in [0.2, 0.25) is 0 Å². The molecule has 10 heteroatoms. The number of anilines is 1. The largest absolute Gasteiger partial charge is 0.451 e. The Kier molecular flexibility index (Phi) is 4.93. The van der Waals surface area contributed by atoms with E-state index in [0.29, 0.717) is 0 Å². The molecule has 23 heavy (non-hydrogen) atoms. The maximum atomic E-state index is 13.0. The summed E-state index contributed by atoms with van der Waals surface area (Å²) in [5.74, 6) is -2.14. The van der Waals surface area contributed by atoms with Crippen LogP contribution in [0, 0.1) is 5.82 Å². The van der Waals surface area contributed by atoms with Crippen molar-refractivity contribution in [3.05, 3.63) is 35.9 Å². The maximum Gasteiger partial charge on any atom is 0.451 e. The van der Waals surface area contributed by atoms with Crippen molar-refractivity contribution in [3.8, 4) is 0 Å². The number of alkyl halides is 3. The molecule has 0 bridgehead atoms. The van der Waals surface area contributed by atoms with Gasteiger partial charge in [0, 0.05) is 12.7 Å². The molecular weight excluding hydrogens is 336 g/mol. The van der Waals surface area contributed by atoms with E-state index in [1.807, 2.05) is 0 Å². The monoisotopic (exact) mass is 348 g/mol. The highest BCUT2D eigenvalue weighted by atomic mass is 32.2. The summed E-state index contributed by atoms with van der Waals surface area (Å²) < 4.78 is 51.7. The molecule has 124 valence electrons. The lowest BCUT2D eigenvalue weighted by molar-refractivity contribution is -0.147. The standard InChI is InChI=1S/C13H12F4N4OS/c1-7(10(22)18-9-5-3-4-8(14)6-9)23-12-20-19-11(21(12)2)13(15,16)17/h3-7H,1-2H3,(H,18,22)/t7-/m1/s1. The van der Waals surface area contributed by atoms with Crippen molar-refractivity contribution < 1.29 is 22.4 Å². The highest BCUT2D eigenvalue weighted by molar-refractivity contribution is 8.00. The molecule has 1 heterocycles. The van der Waals surface area contributed by atoms with Gasteiger partial charge in [-0.2, -0.15) is 13.2 Å². The summed E-state index contributed by atoms with van der Waals surface area (Å²) in [6.45, 7) is 1.50. The second kappa shape index (κ2) is 6.57. The number of rotatable bonds is 4. The van der Waals surface area contributed by atoms with Crippen LogP contribution in [0.5, 0.6) is 0 Å². The summed E-state index contributed by atoms with van der Waals surface area (Å²) >= 11 is 0.822. The lowest BCUT2D eigenvalue weighted by atomic mass is 10.3. The smallest absolute Gasteiger partial charge is 0.325 e. The van der Waals surface area contributed by atoms with E-state index in [0.717, 1.165) is 22.4 Å². The van der Waals surface area contributed by atoms with Gasteiger partial charge < -0.3 is 9.88 Å². The average molecular weight is 348 g/mol. The van der Waals surface area contributed by atoms with Crippen LogP contribution in [0.4, 0.5) is 23.2 Å². The SMILES string of the molecule is C[C@@H](Sc1nnc(C(F)(F)F)n1C)C(=O)Nc1cccc(F)c1. The van der Waals surface area contributed by atoms with E-state index in [1.54, 1.807) is 0 Å². The Morgan fingerprint density at radius 2 is 2.04 bits per heavy atom. The van der Waals surface area contributed by atoms with Crippen molar-refractivity contribution in [1.29, 1.82) is 0 Å². The summed E-state index contributed by atoms with van der Waals surface area (Å²) in [5, 5.41) is 8.21. The van der Waals surface area contributed by atoms with Crippen LogP contribution in [-0.2, 0) is 18.0 Å². The zero-order valence-electron chi connectivity index (χ0n) is 12.1. The molecule has 1 amide bonds. The lowest BCUT2D eigenvalue weighted by Gasteiger charge is -2.12. The first kappa shape index (κ1) is 17.3. The Morgan fingerprint density at radius 3 is 2.61 bits per heavy atom. The Bertz CT molecular complexity index is 716. The van der Waals surface area contributed by atoms with Gasteiger partial charge in [-0.25, -0.2) is 4.39 Å². The third kappa shape index (κ3) is 4.21. The van der Waals surface area contributed by atoms with Gasteiger partial charge in [0.05, 0.1) is 5.25 Å². The molecule has 0 aliphatic heterocycles. The minimum atomic E-state index is -4.62. The zero-order valence-corrected chi connectivity index (χ0v) is 12.9. The van der Waals surface area contributed by atoms with E-state index in [2.05, 4.69) is 15.5 Å². The molecule has 0 radical (unpaired) electrons. The Labute approximate surface area is 133 Å². The van der Waals surface area contributed by atoms with E-state index >= 15 is 0 Å². The fourth-order valence-electron chi connectivity index (χ4n) is 1.69. The molecule has 1 aromatic heterocycles. The number of nitrogens with one attached hydrogen (secondary N) is 1. The fraction of sp³-hybridized carbons (Fsp3) is 0.308. The number of aromatic nitrogens is 3. The minimum Gasteiger partial charge on any atom is -0.325 e. The second-order valence-corrected chi connectivity index (χ2v) is 5.93. The Hall–Kier alpha value is -2.10. The fourth-order valence-corrected chi connectivity index (χ4v) is 2.50. The lowest BCUT2D eigenvalue weighted by Crippen LogP contribution is -2.23. The molecular formula is C13H12F4N4OS. The number of benzene rings is 1. The van der Waals surface area contributed by atoms with Gasteiger partial charge in [-0.1, -0.05) is 17.8 Å². The van der Waals surface area contributed by atoms with Crippen molar-refractivity contribution in [2.45, 2.75) is 23.5 Å². The summed E-state index contributed by atoms with van der Waals surface area (Å²) in [6.07, 6.45) is -4.62. The second-order valence-electron chi connectivity index (χ2n) is 4.62. The predicted octanol–water partition coefficient (Wildman–Crippen LogP) is 3.09. The minimum absolute atomic E-state index is 0.0424. The topological polar surface area (TPSA) is 59.8 Å². The van der Waals surface area contributed by atoms with Crippen LogP contribution in [0.3, 0.4) is 0 Å². The molecule has 5 nitrogen and oxygen atoms in total. The first-order chi connectivity index (χ1) is 10.7. The van der Waals surface area contributed by atoms with Gasteiger partial charge >= 0.3 is 6.18 Å². The van der Waals surface area contributed by atoms with Crippen molar-refractivity contribution in [1.82, 2.24) is 14.8 Å². The Balaban J connectivity index is 2.06. The number of amides is 1. The summed E-state index contributed by atoms with van der Waals surface area (Å²) in [4.78, 5) is 12.0. The zero-order chi connectivity index (χ0) is 17.2. The van der Waals surface area contributed by atoms with Gasteiger partial charge in [0.15, 0.2) is 5.16 Å². The average Bonchev–Trinajstić information content (AvgIpc) is 2.80. The molecule has 0 saturated heterocycles. The first-order valence-electron chi connectivity index (χ1n) is 6.38. The van der Waals surface area contributed by atoms with E-state index < -0.39 is 29.0 Å². The number of nitrogens with zero attached hydrogens (tertiary/aromatic N) is 3. The summed E-state index contributed by atoms with van der Waals surface area (Å²) in [6, 6.07) is 5.30. The molecule has 2 rings (SSSR count). The van der Waals surface area contributed by atoms with Crippen LogP contribution in [-0.4, -0.2) is 25.9 Å². The number of hydrogen-bond acceptors (Lipinski definition) is 4. The molecule has 0 aliphatic rings. The molecule has 0 unspecified atom stereocenters. The summed E-state index contributed by atoms with van der Waals surface area (Å²) in [5.41, 5.74) is 0.261. The van der Waals surface area contributed by atoms with Gasteiger partial charge in [-0.05, 0) is 25.1 Å². The van der Waals surface area contributed by atoms with Gasteiger partial charge in [0.1, 0.15) is 5.82 Å². The third-order valence-corrected chi connectivity index (χ3v) is 3.97. The van der Waals surface area contributed by atoms with E-state index in [4.69, 9.17) is 0 Å². The van der Waals surface area contributed by atoms with Gasteiger partial charge in [-0.15, -0.1) is 10.2 Å². The van der Waals surface area contributed by atoms with E-state index in [9.17, 15) is 22.4 Å². The normalized spacial score (nSPS) is 13.0. The van der Waals surface area contributed by atoms with Gasteiger partial charge in [0.25, 0.3) is 0 Å². The van der Waals surface area contributed by atoms with Crippen molar-refractivity contribution in [3.63, 3.8) is 0 Å². The van der Waals surface area contributed by atoms with Crippen molar-refractivity contribution in [2.75, 3.05) is 5.32 Å². The first-order valence-corrected chi connectivity index (χ1v) is 7.26. The maximum absolute atomic E-state index is 13.0. The van der Waals surface area contributed by atoms with Crippen LogP contribution >= 0.6 is 11.8 Å². The van der Waals surface area contributed by atoms with Crippen LogP contribution in [0.1, 0.15) is 12.7 Å². The molecule has 2 aromatic rings. The summed E-state index contributed by atoms with van der Waals surface area (Å²) in [7, 11) is 1.17. The molecule has 0 fully saturated rings. The molecule has 0 aliphatic carbocycles. The highest BCUT2D eigenvalue weighted by Crippen LogP contribution is 2.30. The van der Waals surface area contributed by atoms with E-state index in [-0.39, 0.29) is 10.8 Å². The van der Waals surface area contributed by atoms with Crippen molar-refractivity contribution >= 4 is 23.4 Å². The number of carbonyl (C=O) groups excluding carboxylic acids is 1. The van der Waals surface area contributed by atoms with Gasteiger partial charge in [-0.3, -0.25) is 4.79 Å². The quantitative estimate of drug-likeness (QED) is 0.681. The van der Waals surface area contributed by atoms with Crippen LogP contribution in [0.25, 0.3) is 0 Å². The van der Waals surface area contributed by atoms with Crippen molar-refractivity contribution in [2.24, 2.45) is 7.05 Å². The number of thioether (sulfide) groups is 1. The number of halogens is 4. The number of carbonyl (C=O) groups is 1. The third-order valence-electron chi connectivity index (χ3n) is 2.83. The van der Waals surface area contributed by atoms with Crippen LogP contribution in [0.15, 0.2) is 29.4 Å². The molecule has 0 spiro atoms. The van der Waals surface area contributed by atoms with Crippen LogP contribution < -0.4 is 5.32 Å². The molecule has 1 atom stereocenters. The Morgan fingerprint density at radius 1 is 1.35 bits per heavy atom. The molecule has 0 saturated carbocycles. The number of hydrogen-bond donors (Lipinski definition) is 1. The molecule has 1 N–H and O–H groups in total. The van der Waals surface area contributed by atoms with E-state index in [1.165, 1.54) is 32.2 Å². The highest BCUT2D eigenvalue weighted by Gasteiger charge is 2.37. The molecule has 1 aromatic carbocycles. The predicted molar refractivity (Wildman–Crippen MR) is 76.4 cm³/mol.